The summed E-state index contributed by atoms with van der Waals surface area (Å²) in [6, 6.07) is 6.93. The van der Waals surface area contributed by atoms with Gasteiger partial charge in [-0.2, -0.15) is 17.0 Å². The molecule has 0 atom stereocenters. The molecule has 0 bridgehead atoms. The lowest BCUT2D eigenvalue weighted by molar-refractivity contribution is -0.113. The third-order valence-electron chi connectivity index (χ3n) is 1.79. The predicted octanol–water partition coefficient (Wildman–Crippen LogP) is 3.58. The van der Waals surface area contributed by atoms with Gasteiger partial charge in [-0.15, -0.1) is 0 Å². The van der Waals surface area contributed by atoms with Crippen molar-refractivity contribution in [3.63, 3.8) is 0 Å². The third kappa shape index (κ3) is 5.31. The van der Waals surface area contributed by atoms with Crippen LogP contribution in [0.5, 0.6) is 0 Å². The fourth-order valence-electron chi connectivity index (χ4n) is 1.05. The number of anilines is 1. The summed E-state index contributed by atoms with van der Waals surface area (Å²) in [4.78, 5) is 11.5. The first-order chi connectivity index (χ1) is 8.13. The van der Waals surface area contributed by atoms with Gasteiger partial charge in [0.2, 0.25) is 5.91 Å². The Labute approximate surface area is 114 Å². The molecule has 0 heterocycles. The number of nitrogens with zero attached hydrogens (tertiary/aromatic N) is 1. The quantitative estimate of drug-likeness (QED) is 0.843. The molecule has 0 aliphatic heterocycles. The largest absolute Gasteiger partial charge is 0.325 e. The maximum Gasteiger partial charge on any atom is 0.234 e. The topological polar surface area (TPSA) is 52.9 Å². The van der Waals surface area contributed by atoms with Crippen LogP contribution in [-0.2, 0) is 4.79 Å². The number of rotatable bonds is 5. The third-order valence-corrected chi connectivity index (χ3v) is 3.49. The predicted molar refractivity (Wildman–Crippen MR) is 72.6 cm³/mol. The smallest absolute Gasteiger partial charge is 0.234 e. The Hall–Kier alpha value is -0.890. The van der Waals surface area contributed by atoms with Crippen LogP contribution in [0, 0.1) is 11.3 Å². The van der Waals surface area contributed by atoms with Crippen molar-refractivity contribution in [3.05, 3.63) is 28.2 Å². The van der Waals surface area contributed by atoms with Crippen molar-refractivity contribution >= 4 is 46.6 Å². The van der Waals surface area contributed by atoms with E-state index in [9.17, 15) is 4.79 Å². The van der Waals surface area contributed by atoms with Gasteiger partial charge < -0.3 is 5.32 Å². The first kappa shape index (κ1) is 14.2. The first-order valence-corrected chi connectivity index (χ1v) is 6.74. The van der Waals surface area contributed by atoms with Crippen molar-refractivity contribution in [1.82, 2.24) is 0 Å². The molecule has 1 aromatic rings. The fraction of sp³-hybridized carbons (Fsp3) is 0.273. The number of hydrogen-bond donors (Lipinski definition) is 1. The van der Waals surface area contributed by atoms with Crippen molar-refractivity contribution in [1.29, 1.82) is 5.26 Å². The zero-order valence-corrected chi connectivity index (χ0v) is 11.2. The van der Waals surface area contributed by atoms with Crippen LogP contribution in [0.1, 0.15) is 6.42 Å². The molecule has 0 fully saturated rings. The molecule has 0 aromatic heterocycles. The van der Waals surface area contributed by atoms with Gasteiger partial charge in [0.05, 0.1) is 21.9 Å². The molecule has 0 unspecified atom stereocenters. The summed E-state index contributed by atoms with van der Waals surface area (Å²) in [5, 5.41) is 11.9. The van der Waals surface area contributed by atoms with Gasteiger partial charge >= 0.3 is 0 Å². The van der Waals surface area contributed by atoms with Gasteiger partial charge in [-0.3, -0.25) is 4.79 Å². The van der Waals surface area contributed by atoms with Crippen LogP contribution in [0.4, 0.5) is 5.69 Å². The van der Waals surface area contributed by atoms with E-state index in [1.165, 1.54) is 11.8 Å². The van der Waals surface area contributed by atoms with Gasteiger partial charge in [0.1, 0.15) is 0 Å². The van der Waals surface area contributed by atoms with E-state index < -0.39 is 0 Å². The van der Waals surface area contributed by atoms with Crippen LogP contribution < -0.4 is 5.32 Å². The Kier molecular flexibility index (Phi) is 6.20. The molecule has 0 saturated heterocycles. The molecular weight excluding hydrogens is 279 g/mol. The van der Waals surface area contributed by atoms with E-state index in [1.54, 1.807) is 18.2 Å². The number of thioether (sulfide) groups is 1. The van der Waals surface area contributed by atoms with Crippen LogP contribution in [0.15, 0.2) is 18.2 Å². The minimum Gasteiger partial charge on any atom is -0.325 e. The number of nitriles is 1. The minimum atomic E-state index is -0.119. The standard InChI is InChI=1S/C11H10Cl2N2OS/c12-9-3-2-8(6-10(9)13)15-11(16)7-17-5-1-4-14/h2-3,6H,1,5,7H2,(H,15,16). The Morgan fingerprint density at radius 3 is 2.82 bits per heavy atom. The summed E-state index contributed by atoms with van der Waals surface area (Å²) in [5.74, 6) is 0.860. The highest BCUT2D eigenvalue weighted by Crippen LogP contribution is 2.25. The monoisotopic (exact) mass is 288 g/mol. The van der Waals surface area contributed by atoms with Gasteiger partial charge in [0.15, 0.2) is 0 Å². The molecule has 1 rings (SSSR count). The molecule has 0 aliphatic carbocycles. The zero-order chi connectivity index (χ0) is 12.7. The Morgan fingerprint density at radius 2 is 2.18 bits per heavy atom. The van der Waals surface area contributed by atoms with Crippen LogP contribution in [-0.4, -0.2) is 17.4 Å². The number of nitrogens with one attached hydrogen (secondary N) is 1. The maximum absolute atomic E-state index is 11.5. The molecule has 0 radical (unpaired) electrons. The van der Waals surface area contributed by atoms with E-state index >= 15 is 0 Å². The average molecular weight is 289 g/mol. The minimum absolute atomic E-state index is 0.119. The maximum atomic E-state index is 11.5. The molecule has 3 nitrogen and oxygen atoms in total. The van der Waals surface area contributed by atoms with Gasteiger partial charge in [-0.1, -0.05) is 23.2 Å². The summed E-state index contributed by atoms with van der Waals surface area (Å²) < 4.78 is 0. The lowest BCUT2D eigenvalue weighted by atomic mass is 10.3. The van der Waals surface area contributed by atoms with Gasteiger partial charge in [-0.25, -0.2) is 0 Å². The summed E-state index contributed by atoms with van der Waals surface area (Å²) in [7, 11) is 0. The molecule has 6 heteroatoms. The normalized spacial score (nSPS) is 9.71. The lowest BCUT2D eigenvalue weighted by Crippen LogP contribution is -2.14. The zero-order valence-electron chi connectivity index (χ0n) is 8.87. The molecule has 0 saturated carbocycles. The first-order valence-electron chi connectivity index (χ1n) is 4.83. The number of amides is 1. The van der Waals surface area contributed by atoms with Crippen molar-refractivity contribution in [2.75, 3.05) is 16.8 Å². The van der Waals surface area contributed by atoms with E-state index in [2.05, 4.69) is 5.32 Å². The van der Waals surface area contributed by atoms with Gasteiger partial charge in [0.25, 0.3) is 0 Å². The van der Waals surface area contributed by atoms with Crippen LogP contribution in [0.3, 0.4) is 0 Å². The number of halogens is 2. The van der Waals surface area contributed by atoms with E-state index in [1.807, 2.05) is 6.07 Å². The summed E-state index contributed by atoms with van der Waals surface area (Å²) in [6.07, 6.45) is 0.449. The average Bonchev–Trinajstić information content (AvgIpc) is 2.30. The molecule has 1 amide bonds. The molecule has 0 aliphatic rings. The van der Waals surface area contributed by atoms with Crippen LogP contribution >= 0.6 is 35.0 Å². The molecular formula is C11H10Cl2N2OS. The Balaban J connectivity index is 2.40. The van der Waals surface area contributed by atoms with Crippen molar-refractivity contribution in [3.8, 4) is 6.07 Å². The number of carbonyl (C=O) groups excluding carboxylic acids is 1. The van der Waals surface area contributed by atoms with E-state index in [0.29, 0.717) is 33.7 Å². The highest BCUT2D eigenvalue weighted by Gasteiger charge is 2.04. The number of carbonyl (C=O) groups is 1. The van der Waals surface area contributed by atoms with Gasteiger partial charge in [0, 0.05) is 17.9 Å². The van der Waals surface area contributed by atoms with E-state index in [4.69, 9.17) is 28.5 Å². The van der Waals surface area contributed by atoms with E-state index in [0.717, 1.165) is 0 Å². The Bertz CT molecular complexity index is 446. The summed E-state index contributed by atoms with van der Waals surface area (Å²) in [6.45, 7) is 0. The highest BCUT2D eigenvalue weighted by atomic mass is 35.5. The van der Waals surface area contributed by atoms with Crippen LogP contribution in [0.2, 0.25) is 10.0 Å². The summed E-state index contributed by atoms with van der Waals surface area (Å²) in [5.41, 5.74) is 0.616. The molecule has 17 heavy (non-hydrogen) atoms. The van der Waals surface area contributed by atoms with Crippen molar-refractivity contribution < 1.29 is 4.79 Å². The second-order valence-electron chi connectivity index (χ2n) is 3.14. The van der Waals surface area contributed by atoms with E-state index in [-0.39, 0.29) is 5.91 Å². The second-order valence-corrected chi connectivity index (χ2v) is 5.06. The molecule has 0 spiro atoms. The SMILES string of the molecule is N#CCCSCC(=O)Nc1ccc(Cl)c(Cl)c1. The van der Waals surface area contributed by atoms with Crippen LogP contribution in [0.25, 0.3) is 0 Å². The van der Waals surface area contributed by atoms with Crippen molar-refractivity contribution in [2.24, 2.45) is 0 Å². The number of hydrogen-bond acceptors (Lipinski definition) is 3. The summed E-state index contributed by atoms with van der Waals surface area (Å²) >= 11 is 13.0. The highest BCUT2D eigenvalue weighted by molar-refractivity contribution is 7.99. The van der Waals surface area contributed by atoms with Gasteiger partial charge in [-0.05, 0) is 18.2 Å². The number of benzene rings is 1. The molecule has 90 valence electrons. The second kappa shape index (κ2) is 7.44. The molecule has 1 aromatic carbocycles. The molecule has 1 N–H and O–H groups in total. The lowest BCUT2D eigenvalue weighted by Gasteiger charge is -2.05. The van der Waals surface area contributed by atoms with Crippen molar-refractivity contribution in [2.45, 2.75) is 6.42 Å². The fourth-order valence-corrected chi connectivity index (χ4v) is 1.99. The Morgan fingerprint density at radius 1 is 1.41 bits per heavy atom.